The molecule has 2 aliphatic rings. The van der Waals surface area contributed by atoms with Crippen LogP contribution in [0.2, 0.25) is 0 Å². The van der Waals surface area contributed by atoms with Crippen molar-refractivity contribution < 1.29 is 4.74 Å². The molecule has 0 bridgehead atoms. The molecule has 6 rings (SSSR count). The van der Waals surface area contributed by atoms with Crippen LogP contribution in [0.15, 0.2) is 97.1 Å². The van der Waals surface area contributed by atoms with Gasteiger partial charge in [0.25, 0.3) is 0 Å². The Balaban J connectivity index is 1.27. The molecule has 0 amide bonds. The summed E-state index contributed by atoms with van der Waals surface area (Å²) in [6.45, 7) is 6.39. The van der Waals surface area contributed by atoms with E-state index in [1.807, 2.05) is 11.3 Å². The van der Waals surface area contributed by atoms with Gasteiger partial charge in [0.1, 0.15) is 0 Å². The fourth-order valence-corrected chi connectivity index (χ4v) is 7.48. The summed E-state index contributed by atoms with van der Waals surface area (Å²) in [7, 11) is 0. The SMILES string of the molecule is c1ccc(C(c2ccccc2)(c2ccccc2)N2CCc3cc(OCCCN4CCCCC4)sc3C2)cc1. The molecule has 0 spiro atoms. The molecule has 0 radical (unpaired) electrons. The Labute approximate surface area is 231 Å². The van der Waals surface area contributed by atoms with Gasteiger partial charge in [0.2, 0.25) is 0 Å². The second-order valence-electron chi connectivity index (χ2n) is 10.6. The Morgan fingerprint density at radius 2 is 1.29 bits per heavy atom. The summed E-state index contributed by atoms with van der Waals surface area (Å²) in [4.78, 5) is 6.72. The van der Waals surface area contributed by atoms with E-state index >= 15 is 0 Å². The Kier molecular flexibility index (Phi) is 7.91. The van der Waals surface area contributed by atoms with E-state index in [0.717, 1.165) is 44.1 Å². The minimum absolute atomic E-state index is 0.360. The largest absolute Gasteiger partial charge is 0.484 e. The summed E-state index contributed by atoms with van der Waals surface area (Å²) in [5.74, 6) is 0. The number of benzene rings is 3. The molecule has 0 N–H and O–H groups in total. The minimum Gasteiger partial charge on any atom is -0.484 e. The van der Waals surface area contributed by atoms with Crippen molar-refractivity contribution in [3.8, 4) is 5.06 Å². The highest BCUT2D eigenvalue weighted by atomic mass is 32.1. The van der Waals surface area contributed by atoms with Gasteiger partial charge in [-0.25, -0.2) is 0 Å². The average Bonchev–Trinajstić information content (AvgIpc) is 3.40. The lowest BCUT2D eigenvalue weighted by Crippen LogP contribution is -2.49. The number of ether oxygens (including phenoxy) is 1. The molecule has 2 aliphatic heterocycles. The number of likely N-dealkylation sites (tertiary alicyclic amines) is 1. The normalized spacial score (nSPS) is 16.7. The zero-order valence-electron chi connectivity index (χ0n) is 22.2. The zero-order valence-corrected chi connectivity index (χ0v) is 23.0. The molecule has 3 heterocycles. The summed E-state index contributed by atoms with van der Waals surface area (Å²) in [6, 6.07) is 35.5. The number of thiophene rings is 1. The molecule has 1 fully saturated rings. The van der Waals surface area contributed by atoms with Crippen molar-refractivity contribution in [3.05, 3.63) is 124 Å². The van der Waals surface area contributed by atoms with Gasteiger partial charge in [0, 0.05) is 24.5 Å². The summed E-state index contributed by atoms with van der Waals surface area (Å²) >= 11 is 1.85. The van der Waals surface area contributed by atoms with E-state index < -0.39 is 0 Å². The highest BCUT2D eigenvalue weighted by Gasteiger charge is 2.43. The van der Waals surface area contributed by atoms with E-state index in [1.54, 1.807) is 0 Å². The van der Waals surface area contributed by atoms with Crippen LogP contribution < -0.4 is 4.74 Å². The Bertz CT molecular complexity index is 1190. The van der Waals surface area contributed by atoms with Crippen LogP contribution in [0.25, 0.3) is 0 Å². The van der Waals surface area contributed by atoms with E-state index in [1.165, 1.54) is 59.5 Å². The van der Waals surface area contributed by atoms with E-state index in [9.17, 15) is 0 Å². The van der Waals surface area contributed by atoms with E-state index in [4.69, 9.17) is 4.74 Å². The van der Waals surface area contributed by atoms with Crippen LogP contribution in [-0.4, -0.2) is 42.6 Å². The van der Waals surface area contributed by atoms with Crippen molar-refractivity contribution in [3.63, 3.8) is 0 Å². The molecule has 4 heteroatoms. The van der Waals surface area contributed by atoms with Gasteiger partial charge in [-0.05, 0) is 67.1 Å². The van der Waals surface area contributed by atoms with E-state index in [2.05, 4.69) is 107 Å². The molecule has 38 heavy (non-hydrogen) atoms. The lowest BCUT2D eigenvalue weighted by molar-refractivity contribution is 0.141. The van der Waals surface area contributed by atoms with Crippen LogP contribution in [0.5, 0.6) is 5.06 Å². The first-order chi connectivity index (χ1) is 18.8. The van der Waals surface area contributed by atoms with Crippen molar-refractivity contribution in [1.82, 2.24) is 9.80 Å². The number of nitrogens with zero attached hydrogens (tertiary/aromatic N) is 2. The Hall–Kier alpha value is -2.92. The van der Waals surface area contributed by atoms with Gasteiger partial charge in [-0.15, -0.1) is 11.3 Å². The smallest absolute Gasteiger partial charge is 0.174 e. The first-order valence-electron chi connectivity index (χ1n) is 14.2. The fourth-order valence-electron chi connectivity index (χ4n) is 6.38. The number of hydrogen-bond donors (Lipinski definition) is 0. The fraction of sp³-hybridized carbons (Fsp3) is 0.353. The molecule has 196 valence electrons. The molecule has 0 atom stereocenters. The Morgan fingerprint density at radius 3 is 1.87 bits per heavy atom. The molecular formula is C34H38N2OS. The summed E-state index contributed by atoms with van der Waals surface area (Å²) in [6.07, 6.45) is 6.24. The van der Waals surface area contributed by atoms with Gasteiger partial charge in [-0.2, -0.15) is 0 Å². The van der Waals surface area contributed by atoms with Gasteiger partial charge in [0.05, 0.1) is 12.1 Å². The molecule has 0 aliphatic carbocycles. The Morgan fingerprint density at radius 1 is 0.711 bits per heavy atom. The second kappa shape index (κ2) is 11.9. The van der Waals surface area contributed by atoms with Crippen LogP contribution in [0.1, 0.15) is 52.8 Å². The first-order valence-corrected chi connectivity index (χ1v) is 15.0. The summed E-state index contributed by atoms with van der Waals surface area (Å²) < 4.78 is 6.30. The maximum atomic E-state index is 6.30. The lowest BCUT2D eigenvalue weighted by atomic mass is 9.75. The lowest BCUT2D eigenvalue weighted by Gasteiger charge is -2.47. The third kappa shape index (κ3) is 5.18. The predicted molar refractivity (Wildman–Crippen MR) is 158 cm³/mol. The van der Waals surface area contributed by atoms with Crippen LogP contribution in [0.3, 0.4) is 0 Å². The standard InChI is InChI=1S/C34H38N2OS/c1-5-14-29(15-6-1)34(30-16-7-2-8-17-30,31-18-9-3-10-19-31)36-24-20-28-26-33(38-32(28)27-36)37-25-13-23-35-21-11-4-12-22-35/h1-3,5-10,14-19,26H,4,11-13,20-25,27H2. The predicted octanol–water partition coefficient (Wildman–Crippen LogP) is 7.35. The second-order valence-corrected chi connectivity index (χ2v) is 11.7. The molecular weight excluding hydrogens is 484 g/mol. The van der Waals surface area contributed by atoms with Crippen LogP contribution in [0.4, 0.5) is 0 Å². The molecule has 1 saturated heterocycles. The number of rotatable bonds is 9. The van der Waals surface area contributed by atoms with Gasteiger partial charge < -0.3 is 9.64 Å². The monoisotopic (exact) mass is 522 g/mol. The topological polar surface area (TPSA) is 15.7 Å². The van der Waals surface area contributed by atoms with Gasteiger partial charge in [-0.1, -0.05) is 97.4 Å². The zero-order chi connectivity index (χ0) is 25.6. The number of hydrogen-bond acceptors (Lipinski definition) is 4. The van der Waals surface area contributed by atoms with Crippen LogP contribution >= 0.6 is 11.3 Å². The van der Waals surface area contributed by atoms with Crippen molar-refractivity contribution in [2.24, 2.45) is 0 Å². The van der Waals surface area contributed by atoms with Gasteiger partial charge in [0.15, 0.2) is 5.06 Å². The van der Waals surface area contributed by atoms with Crippen molar-refractivity contribution in [2.45, 2.75) is 44.2 Å². The van der Waals surface area contributed by atoms with Crippen LogP contribution in [-0.2, 0) is 18.5 Å². The number of fused-ring (bicyclic) bond motifs is 1. The van der Waals surface area contributed by atoms with Crippen molar-refractivity contribution >= 4 is 11.3 Å². The highest BCUT2D eigenvalue weighted by molar-refractivity contribution is 7.14. The summed E-state index contributed by atoms with van der Waals surface area (Å²) in [5, 5.41) is 1.08. The number of piperidine rings is 1. The maximum absolute atomic E-state index is 6.30. The van der Waals surface area contributed by atoms with Crippen LogP contribution in [0, 0.1) is 0 Å². The quantitative estimate of drug-likeness (QED) is 0.169. The average molecular weight is 523 g/mol. The van der Waals surface area contributed by atoms with E-state index in [0.29, 0.717) is 0 Å². The molecule has 0 unspecified atom stereocenters. The van der Waals surface area contributed by atoms with Gasteiger partial charge >= 0.3 is 0 Å². The highest BCUT2D eigenvalue weighted by Crippen LogP contribution is 2.46. The maximum Gasteiger partial charge on any atom is 0.174 e. The molecule has 3 nitrogen and oxygen atoms in total. The van der Waals surface area contributed by atoms with Crippen molar-refractivity contribution in [1.29, 1.82) is 0 Å². The third-order valence-corrected chi connectivity index (χ3v) is 9.29. The minimum atomic E-state index is -0.360. The molecule has 0 saturated carbocycles. The molecule has 3 aromatic carbocycles. The first kappa shape index (κ1) is 25.4. The third-order valence-electron chi connectivity index (χ3n) is 8.22. The molecule has 4 aromatic rings. The van der Waals surface area contributed by atoms with E-state index in [-0.39, 0.29) is 5.54 Å². The van der Waals surface area contributed by atoms with Crippen molar-refractivity contribution in [2.75, 3.05) is 32.8 Å². The summed E-state index contributed by atoms with van der Waals surface area (Å²) in [5.41, 5.74) is 5.03. The van der Waals surface area contributed by atoms with Gasteiger partial charge in [-0.3, -0.25) is 4.90 Å². The molecule has 1 aromatic heterocycles.